The minimum Gasteiger partial charge on any atom is -0.345 e. The molecule has 0 aliphatic carbocycles. The molecule has 12 heavy (non-hydrogen) atoms. The van der Waals surface area contributed by atoms with E-state index < -0.39 is 0 Å². The molecule has 0 bridgehead atoms. The lowest BCUT2D eigenvalue weighted by molar-refractivity contribution is -0.114. The maximum Gasteiger partial charge on any atom is 0.270 e. The second-order valence-electron chi connectivity index (χ2n) is 2.59. The predicted octanol–water partition coefficient (Wildman–Crippen LogP) is -0.973. The number of fused-ring (bicyclic) bond motifs is 1. The number of nitrogens with one attached hydrogen (secondary N) is 1. The van der Waals surface area contributed by atoms with Crippen LogP contribution in [0.4, 0.5) is 0 Å². The fourth-order valence-electron chi connectivity index (χ4n) is 1.12. The van der Waals surface area contributed by atoms with Crippen LogP contribution in [0.5, 0.6) is 0 Å². The number of hydrogen-bond acceptors (Lipinski definition) is 1. The van der Waals surface area contributed by atoms with Gasteiger partial charge in [0.15, 0.2) is 0 Å². The summed E-state index contributed by atoms with van der Waals surface area (Å²) in [5.74, 6) is 0.325. The molecule has 0 radical (unpaired) electrons. The maximum atomic E-state index is 5.43. The Kier molecular flexibility index (Phi) is 1.33. The van der Waals surface area contributed by atoms with Gasteiger partial charge in [0, 0.05) is 0 Å². The third-order valence-corrected chi connectivity index (χ3v) is 1.75. The quantitative estimate of drug-likeness (QED) is 0.371. The Balaban J connectivity index is 2.68. The molecule has 1 aromatic carbocycles. The molecular weight excluding hydrogens is 152 g/mol. The molecule has 0 aliphatic rings. The maximum absolute atomic E-state index is 5.43. The molecular formula is C8H9N4+. The summed E-state index contributed by atoms with van der Waals surface area (Å²) in [4.78, 5) is 7.05. The highest BCUT2D eigenvalue weighted by molar-refractivity contribution is 5.95. The van der Waals surface area contributed by atoms with Crippen molar-refractivity contribution in [3.05, 3.63) is 30.1 Å². The molecule has 0 unspecified atom stereocenters. The molecule has 4 heteroatoms. The first-order valence-corrected chi connectivity index (χ1v) is 3.59. The second-order valence-corrected chi connectivity index (χ2v) is 2.59. The standard InChI is InChI=1S/C8H8N4/c9-8(10)5-1-2-6-7(3-5)12-4-11-6/h1-4H,(H3,9,10)(H,11,12)/p+1. The van der Waals surface area contributed by atoms with E-state index in [-0.39, 0.29) is 0 Å². The number of aromatic amines is 1. The van der Waals surface area contributed by atoms with Crippen LogP contribution in [-0.2, 0) is 0 Å². The van der Waals surface area contributed by atoms with Crippen molar-refractivity contribution >= 4 is 16.9 Å². The Labute approximate surface area is 68.9 Å². The first-order valence-electron chi connectivity index (χ1n) is 3.59. The van der Waals surface area contributed by atoms with E-state index in [1.165, 1.54) is 0 Å². The van der Waals surface area contributed by atoms with E-state index in [0.29, 0.717) is 5.84 Å². The molecule has 0 spiro atoms. The van der Waals surface area contributed by atoms with Crippen molar-refractivity contribution in [2.24, 2.45) is 5.73 Å². The number of rotatable bonds is 1. The van der Waals surface area contributed by atoms with Crippen LogP contribution in [0.3, 0.4) is 0 Å². The second kappa shape index (κ2) is 2.34. The van der Waals surface area contributed by atoms with Crippen molar-refractivity contribution < 1.29 is 5.41 Å². The monoisotopic (exact) mass is 161 g/mol. The summed E-state index contributed by atoms with van der Waals surface area (Å²) in [5.41, 5.74) is 8.12. The molecule has 0 amide bonds. The number of aromatic nitrogens is 2. The molecule has 0 saturated carbocycles. The molecule has 0 saturated heterocycles. The summed E-state index contributed by atoms with van der Waals surface area (Å²) < 4.78 is 0. The topological polar surface area (TPSA) is 80.3 Å². The lowest BCUT2D eigenvalue weighted by atomic mass is 10.2. The summed E-state index contributed by atoms with van der Waals surface area (Å²) in [5, 5.41) is 5.43. The van der Waals surface area contributed by atoms with Crippen molar-refractivity contribution in [1.82, 2.24) is 9.97 Å². The van der Waals surface area contributed by atoms with E-state index >= 15 is 0 Å². The summed E-state index contributed by atoms with van der Waals surface area (Å²) in [6.07, 6.45) is 1.64. The smallest absolute Gasteiger partial charge is 0.270 e. The van der Waals surface area contributed by atoms with Crippen LogP contribution in [0.25, 0.3) is 11.0 Å². The van der Waals surface area contributed by atoms with Gasteiger partial charge in [0.05, 0.1) is 22.9 Å². The molecule has 60 valence electrons. The largest absolute Gasteiger partial charge is 0.345 e. The fraction of sp³-hybridized carbons (Fsp3) is 0. The lowest BCUT2D eigenvalue weighted by Crippen LogP contribution is -2.46. The van der Waals surface area contributed by atoms with Crippen molar-refractivity contribution in [3.63, 3.8) is 0 Å². The minimum absolute atomic E-state index is 0.325. The molecule has 0 fully saturated rings. The highest BCUT2D eigenvalue weighted by Crippen LogP contribution is 2.09. The normalized spacial score (nSPS) is 10.3. The van der Waals surface area contributed by atoms with Crippen molar-refractivity contribution in [2.75, 3.05) is 0 Å². The van der Waals surface area contributed by atoms with Crippen LogP contribution >= 0.6 is 0 Å². The number of hydrogen-bond donors (Lipinski definition) is 3. The molecule has 2 aromatic rings. The SMILES string of the molecule is NC(=[NH2+])c1ccc2nc[nH]c2c1. The first-order chi connectivity index (χ1) is 5.77. The molecule has 5 N–H and O–H groups in total. The average molecular weight is 161 g/mol. The Bertz CT molecular complexity index is 429. The summed E-state index contributed by atoms with van der Waals surface area (Å²) in [7, 11) is 0. The summed E-state index contributed by atoms with van der Waals surface area (Å²) in [6, 6.07) is 5.59. The van der Waals surface area contributed by atoms with E-state index in [1.807, 2.05) is 18.2 Å². The Morgan fingerprint density at radius 1 is 1.50 bits per heavy atom. The van der Waals surface area contributed by atoms with Gasteiger partial charge in [-0.25, -0.2) is 4.98 Å². The number of H-pyrrole nitrogens is 1. The zero-order valence-electron chi connectivity index (χ0n) is 6.41. The van der Waals surface area contributed by atoms with Crippen LogP contribution in [-0.4, -0.2) is 15.8 Å². The van der Waals surface area contributed by atoms with E-state index in [0.717, 1.165) is 16.6 Å². The predicted molar refractivity (Wildman–Crippen MR) is 46.3 cm³/mol. The zero-order valence-corrected chi connectivity index (χ0v) is 6.41. The lowest BCUT2D eigenvalue weighted by Gasteiger charge is -1.92. The van der Waals surface area contributed by atoms with Crippen LogP contribution in [0.1, 0.15) is 5.56 Å². The Morgan fingerprint density at radius 2 is 2.33 bits per heavy atom. The molecule has 0 atom stereocenters. The number of nitrogens with two attached hydrogens (primary N) is 2. The van der Waals surface area contributed by atoms with Crippen molar-refractivity contribution in [3.8, 4) is 0 Å². The van der Waals surface area contributed by atoms with E-state index in [1.54, 1.807) is 6.33 Å². The number of imidazole rings is 1. The van der Waals surface area contributed by atoms with E-state index in [2.05, 4.69) is 9.97 Å². The molecule has 1 aromatic heterocycles. The van der Waals surface area contributed by atoms with Crippen LogP contribution in [0.15, 0.2) is 24.5 Å². The molecule has 4 nitrogen and oxygen atoms in total. The van der Waals surface area contributed by atoms with Gasteiger partial charge >= 0.3 is 0 Å². The van der Waals surface area contributed by atoms with Crippen LogP contribution in [0, 0.1) is 0 Å². The Morgan fingerprint density at radius 3 is 3.08 bits per heavy atom. The van der Waals surface area contributed by atoms with E-state index in [4.69, 9.17) is 11.1 Å². The Hall–Kier alpha value is -1.84. The van der Waals surface area contributed by atoms with Gasteiger partial charge in [-0.05, 0) is 18.2 Å². The molecule has 0 aliphatic heterocycles. The fourth-order valence-corrected chi connectivity index (χ4v) is 1.12. The highest BCUT2D eigenvalue weighted by atomic mass is 14.9. The van der Waals surface area contributed by atoms with Gasteiger partial charge in [-0.3, -0.25) is 11.1 Å². The molecule has 1 heterocycles. The number of amidine groups is 1. The third-order valence-electron chi connectivity index (χ3n) is 1.75. The highest BCUT2D eigenvalue weighted by Gasteiger charge is 2.02. The van der Waals surface area contributed by atoms with Crippen LogP contribution < -0.4 is 11.1 Å². The van der Waals surface area contributed by atoms with Gasteiger partial charge < -0.3 is 4.98 Å². The van der Waals surface area contributed by atoms with Crippen molar-refractivity contribution in [2.45, 2.75) is 0 Å². The van der Waals surface area contributed by atoms with Crippen molar-refractivity contribution in [1.29, 1.82) is 0 Å². The van der Waals surface area contributed by atoms with Gasteiger partial charge in [0.25, 0.3) is 5.84 Å². The molecule has 2 rings (SSSR count). The minimum atomic E-state index is 0.325. The average Bonchev–Trinajstić information content (AvgIpc) is 2.49. The first kappa shape index (κ1) is 6.84. The van der Waals surface area contributed by atoms with Gasteiger partial charge in [0.2, 0.25) is 0 Å². The summed E-state index contributed by atoms with van der Waals surface area (Å²) >= 11 is 0. The zero-order chi connectivity index (χ0) is 8.55. The number of nitrogens with zero attached hydrogens (tertiary/aromatic N) is 1. The van der Waals surface area contributed by atoms with Gasteiger partial charge in [-0.1, -0.05) is 0 Å². The third kappa shape index (κ3) is 0.934. The number of benzene rings is 1. The van der Waals surface area contributed by atoms with E-state index in [9.17, 15) is 0 Å². The van der Waals surface area contributed by atoms with Crippen LogP contribution in [0.2, 0.25) is 0 Å². The van der Waals surface area contributed by atoms with Gasteiger partial charge in [-0.15, -0.1) is 0 Å². The van der Waals surface area contributed by atoms with Gasteiger partial charge in [0.1, 0.15) is 0 Å². The summed E-state index contributed by atoms with van der Waals surface area (Å²) in [6.45, 7) is 0. The van der Waals surface area contributed by atoms with Gasteiger partial charge in [-0.2, -0.15) is 0 Å².